The fraction of sp³-hybridized carbons (Fsp3) is 0.438. The monoisotopic (exact) mass is 359 g/mol. The average molecular weight is 360 g/mol. The first kappa shape index (κ1) is 17.4. The fourth-order valence-electron chi connectivity index (χ4n) is 2.19. The second-order valence-corrected chi connectivity index (χ2v) is 7.46. The molecule has 2 aromatic rings. The molecule has 6 heteroatoms. The van der Waals surface area contributed by atoms with Crippen molar-refractivity contribution in [3.05, 3.63) is 27.1 Å². The van der Waals surface area contributed by atoms with Gasteiger partial charge in [-0.25, -0.2) is 0 Å². The van der Waals surface area contributed by atoms with Crippen LogP contribution < -0.4 is 9.84 Å². The number of carbonyl (C=O) groups is 1. The number of carboxylic acids is 1. The molecule has 0 N–H and O–H groups in total. The molecular weight excluding hydrogens is 343 g/mol. The SMILES string of the molecule is CCC(Oc1cc2cc(CC(C)C)sc2c(Cl)c1Cl)C(=O)[O-]. The third-order valence-corrected chi connectivity index (χ3v) is 5.37. The van der Waals surface area contributed by atoms with E-state index in [4.69, 9.17) is 27.9 Å². The molecule has 0 saturated carbocycles. The van der Waals surface area contributed by atoms with Crippen LogP contribution in [0.15, 0.2) is 12.1 Å². The zero-order valence-electron chi connectivity index (χ0n) is 12.6. The lowest BCUT2D eigenvalue weighted by Crippen LogP contribution is -2.39. The second kappa shape index (κ2) is 7.07. The summed E-state index contributed by atoms with van der Waals surface area (Å²) in [4.78, 5) is 12.2. The Bertz CT molecular complexity index is 694. The van der Waals surface area contributed by atoms with E-state index in [9.17, 15) is 9.90 Å². The van der Waals surface area contributed by atoms with Crippen LogP contribution in [0.3, 0.4) is 0 Å². The molecule has 0 bridgehead atoms. The molecule has 1 aromatic carbocycles. The third kappa shape index (κ3) is 3.67. The molecule has 0 amide bonds. The quantitative estimate of drug-likeness (QED) is 0.771. The molecule has 1 unspecified atom stereocenters. The van der Waals surface area contributed by atoms with Crippen molar-refractivity contribution in [3.63, 3.8) is 0 Å². The number of halogens is 2. The molecule has 1 atom stereocenters. The topological polar surface area (TPSA) is 49.4 Å². The number of carbonyl (C=O) groups excluding carboxylic acids is 1. The van der Waals surface area contributed by atoms with Gasteiger partial charge in [-0.1, -0.05) is 44.0 Å². The summed E-state index contributed by atoms with van der Waals surface area (Å²) < 4.78 is 6.36. The third-order valence-electron chi connectivity index (χ3n) is 3.22. The smallest absolute Gasteiger partial charge is 0.141 e. The van der Waals surface area contributed by atoms with E-state index < -0.39 is 12.1 Å². The first-order chi connectivity index (χ1) is 10.3. The van der Waals surface area contributed by atoms with Crippen LogP contribution in [0.5, 0.6) is 5.75 Å². The van der Waals surface area contributed by atoms with Crippen molar-refractivity contribution in [2.75, 3.05) is 0 Å². The Morgan fingerprint density at radius 1 is 1.32 bits per heavy atom. The number of rotatable bonds is 6. The summed E-state index contributed by atoms with van der Waals surface area (Å²) in [6.45, 7) is 6.01. The van der Waals surface area contributed by atoms with Crippen LogP contribution in [-0.4, -0.2) is 12.1 Å². The minimum Gasteiger partial charge on any atom is -0.546 e. The number of hydrogen-bond donors (Lipinski definition) is 0. The van der Waals surface area contributed by atoms with Gasteiger partial charge in [0.25, 0.3) is 0 Å². The summed E-state index contributed by atoms with van der Waals surface area (Å²) in [5.74, 6) is -0.440. The molecule has 1 aromatic heterocycles. The van der Waals surface area contributed by atoms with Gasteiger partial charge >= 0.3 is 0 Å². The molecule has 0 fully saturated rings. The summed E-state index contributed by atoms with van der Waals surface area (Å²) in [7, 11) is 0. The molecule has 3 nitrogen and oxygen atoms in total. The highest BCUT2D eigenvalue weighted by molar-refractivity contribution is 7.19. The Morgan fingerprint density at radius 3 is 2.55 bits per heavy atom. The van der Waals surface area contributed by atoms with Gasteiger partial charge in [-0.15, -0.1) is 11.3 Å². The van der Waals surface area contributed by atoms with Gasteiger partial charge in [-0.05, 0) is 36.3 Å². The van der Waals surface area contributed by atoms with Crippen LogP contribution in [-0.2, 0) is 11.2 Å². The lowest BCUT2D eigenvalue weighted by atomic mass is 10.1. The minimum atomic E-state index is -1.26. The largest absolute Gasteiger partial charge is 0.546 e. The van der Waals surface area contributed by atoms with Gasteiger partial charge in [0.1, 0.15) is 16.9 Å². The van der Waals surface area contributed by atoms with Crippen molar-refractivity contribution < 1.29 is 14.6 Å². The number of carboxylic acid groups (broad SMARTS) is 1. The van der Waals surface area contributed by atoms with Gasteiger partial charge in [-0.3, -0.25) is 0 Å². The normalized spacial score (nSPS) is 12.8. The van der Waals surface area contributed by atoms with Crippen molar-refractivity contribution in [2.24, 2.45) is 5.92 Å². The van der Waals surface area contributed by atoms with Gasteiger partial charge in [-0.2, -0.15) is 0 Å². The first-order valence-electron chi connectivity index (χ1n) is 7.11. The van der Waals surface area contributed by atoms with E-state index >= 15 is 0 Å². The van der Waals surface area contributed by atoms with Crippen molar-refractivity contribution >= 4 is 50.6 Å². The number of fused-ring (bicyclic) bond motifs is 1. The lowest BCUT2D eigenvalue weighted by molar-refractivity contribution is -0.313. The van der Waals surface area contributed by atoms with E-state index in [1.165, 1.54) is 4.88 Å². The van der Waals surface area contributed by atoms with E-state index in [0.29, 0.717) is 10.9 Å². The Labute approximate surface area is 143 Å². The Balaban J connectivity index is 2.44. The number of hydrogen-bond acceptors (Lipinski definition) is 4. The molecule has 2 rings (SSSR count). The number of benzene rings is 1. The lowest BCUT2D eigenvalue weighted by Gasteiger charge is -2.19. The molecule has 0 aliphatic rings. The summed E-state index contributed by atoms with van der Waals surface area (Å²) in [6.07, 6.45) is 0.205. The minimum absolute atomic E-state index is 0.242. The van der Waals surface area contributed by atoms with E-state index in [-0.39, 0.29) is 17.2 Å². The van der Waals surface area contributed by atoms with E-state index in [1.807, 2.05) is 0 Å². The summed E-state index contributed by atoms with van der Waals surface area (Å²) in [6, 6.07) is 3.80. The molecule has 0 saturated heterocycles. The molecule has 1 heterocycles. The van der Waals surface area contributed by atoms with Crippen LogP contribution in [0.1, 0.15) is 32.1 Å². The highest BCUT2D eigenvalue weighted by atomic mass is 35.5. The van der Waals surface area contributed by atoms with Crippen molar-refractivity contribution in [2.45, 2.75) is 39.7 Å². The number of aliphatic carboxylic acids is 1. The standard InChI is InChI=1S/C16H18Cl2O3S/c1-4-11(16(19)20)21-12-7-9-6-10(5-8(2)3)22-15(9)14(18)13(12)17/h6-8,11H,4-5H2,1-3H3,(H,19,20)/p-1. The average Bonchev–Trinajstić information content (AvgIpc) is 2.82. The maximum absolute atomic E-state index is 11.0. The number of ether oxygens (including phenoxy) is 1. The van der Waals surface area contributed by atoms with Crippen molar-refractivity contribution in [1.29, 1.82) is 0 Å². The van der Waals surface area contributed by atoms with Crippen molar-refractivity contribution in [3.8, 4) is 5.75 Å². The predicted molar refractivity (Wildman–Crippen MR) is 90.1 cm³/mol. The number of thiophene rings is 1. The molecule has 0 aliphatic carbocycles. The second-order valence-electron chi connectivity index (χ2n) is 5.57. The molecular formula is C16H17Cl2O3S-. The van der Waals surface area contributed by atoms with Crippen LogP contribution >= 0.6 is 34.5 Å². The van der Waals surface area contributed by atoms with Crippen molar-refractivity contribution in [1.82, 2.24) is 0 Å². The van der Waals surface area contributed by atoms with E-state index in [1.54, 1.807) is 24.3 Å². The highest BCUT2D eigenvalue weighted by Gasteiger charge is 2.18. The Morgan fingerprint density at radius 2 is 2.00 bits per heavy atom. The molecule has 0 radical (unpaired) electrons. The zero-order valence-corrected chi connectivity index (χ0v) is 14.9. The van der Waals surface area contributed by atoms with Crippen LogP contribution in [0.25, 0.3) is 10.1 Å². The van der Waals surface area contributed by atoms with Crippen LogP contribution in [0.4, 0.5) is 0 Å². The highest BCUT2D eigenvalue weighted by Crippen LogP contribution is 2.43. The van der Waals surface area contributed by atoms with Gasteiger partial charge in [0.2, 0.25) is 0 Å². The Hall–Kier alpha value is -0.970. The zero-order chi connectivity index (χ0) is 16.4. The summed E-state index contributed by atoms with van der Waals surface area (Å²) in [5.41, 5.74) is 0. The fourth-order valence-corrected chi connectivity index (χ4v) is 4.05. The van der Waals surface area contributed by atoms with Crippen LogP contribution in [0, 0.1) is 5.92 Å². The molecule has 22 heavy (non-hydrogen) atoms. The Kier molecular flexibility index (Phi) is 5.59. The van der Waals surface area contributed by atoms with E-state index in [2.05, 4.69) is 19.9 Å². The van der Waals surface area contributed by atoms with Gasteiger partial charge in [0.05, 0.1) is 15.7 Å². The molecule has 0 aliphatic heterocycles. The van der Waals surface area contributed by atoms with Gasteiger partial charge < -0.3 is 14.6 Å². The maximum Gasteiger partial charge on any atom is 0.141 e. The molecule has 120 valence electrons. The van der Waals surface area contributed by atoms with E-state index in [0.717, 1.165) is 16.5 Å². The maximum atomic E-state index is 11.0. The predicted octanol–water partition coefficient (Wildman–Crippen LogP) is 4.31. The molecule has 0 spiro atoms. The summed E-state index contributed by atoms with van der Waals surface area (Å²) >= 11 is 14.2. The van der Waals surface area contributed by atoms with Gasteiger partial charge in [0, 0.05) is 4.88 Å². The first-order valence-corrected chi connectivity index (χ1v) is 8.68. The van der Waals surface area contributed by atoms with Gasteiger partial charge in [0.15, 0.2) is 0 Å². The summed E-state index contributed by atoms with van der Waals surface area (Å²) in [5, 5.41) is 12.6. The van der Waals surface area contributed by atoms with Crippen LogP contribution in [0.2, 0.25) is 10.0 Å².